The standard InChI is InChI=1S/C28H32F2N4O4S/c1-17(2)14-28(4,31)16-38-23-11-10-21(33-25(23)26(29)30)20-15-34(27-24(20)22(37-5)12-13-32-27)39(35,36)19-8-6-18(3)7-9-19/h6-13,15,17,26H,14,16,31H2,1-5H3/t28-/m0/s1. The monoisotopic (exact) mass is 558 g/mol. The molecule has 3 aromatic heterocycles. The van der Waals surface area contributed by atoms with Crippen molar-refractivity contribution in [2.24, 2.45) is 11.7 Å². The Bertz CT molecular complexity index is 1580. The fourth-order valence-corrected chi connectivity index (χ4v) is 5.91. The van der Waals surface area contributed by atoms with Crippen molar-refractivity contribution in [2.45, 2.75) is 51.0 Å². The van der Waals surface area contributed by atoms with Crippen molar-refractivity contribution in [3.05, 3.63) is 66.1 Å². The van der Waals surface area contributed by atoms with Crippen LogP contribution in [0.15, 0.2) is 59.8 Å². The van der Waals surface area contributed by atoms with E-state index in [1.54, 1.807) is 25.1 Å². The highest BCUT2D eigenvalue weighted by molar-refractivity contribution is 7.90. The zero-order valence-corrected chi connectivity index (χ0v) is 23.3. The number of benzene rings is 1. The lowest BCUT2D eigenvalue weighted by molar-refractivity contribution is 0.134. The van der Waals surface area contributed by atoms with Crippen LogP contribution in [0.3, 0.4) is 0 Å². The summed E-state index contributed by atoms with van der Waals surface area (Å²) in [5.74, 6) is 0.534. The molecule has 3 heterocycles. The Balaban J connectivity index is 1.84. The van der Waals surface area contributed by atoms with Crippen LogP contribution in [-0.4, -0.2) is 41.6 Å². The Morgan fingerprint density at radius 3 is 2.38 bits per heavy atom. The van der Waals surface area contributed by atoms with Gasteiger partial charge in [0.2, 0.25) is 0 Å². The topological polar surface area (TPSA) is 109 Å². The normalized spacial score (nSPS) is 13.7. The number of aryl methyl sites for hydroxylation is 1. The van der Waals surface area contributed by atoms with Gasteiger partial charge in [0.25, 0.3) is 16.4 Å². The van der Waals surface area contributed by atoms with Gasteiger partial charge in [-0.2, -0.15) is 0 Å². The number of rotatable bonds is 10. The summed E-state index contributed by atoms with van der Waals surface area (Å²) in [6.07, 6.45) is 0.443. The second-order valence-corrected chi connectivity index (χ2v) is 12.1. The van der Waals surface area contributed by atoms with Crippen LogP contribution in [0, 0.1) is 12.8 Å². The van der Waals surface area contributed by atoms with E-state index in [1.165, 1.54) is 43.8 Å². The molecule has 0 spiro atoms. The quantitative estimate of drug-likeness (QED) is 0.265. The Morgan fingerprint density at radius 2 is 1.77 bits per heavy atom. The molecule has 8 nitrogen and oxygen atoms in total. The van der Waals surface area contributed by atoms with Crippen LogP contribution in [0.1, 0.15) is 44.9 Å². The van der Waals surface area contributed by atoms with Gasteiger partial charge in [0, 0.05) is 23.5 Å². The molecule has 1 atom stereocenters. The van der Waals surface area contributed by atoms with Crippen LogP contribution in [0.2, 0.25) is 0 Å². The van der Waals surface area contributed by atoms with Gasteiger partial charge in [-0.15, -0.1) is 0 Å². The number of hydrogen-bond donors (Lipinski definition) is 1. The molecule has 0 aliphatic carbocycles. The van der Waals surface area contributed by atoms with Crippen molar-refractivity contribution in [3.8, 4) is 22.8 Å². The van der Waals surface area contributed by atoms with E-state index in [1.807, 2.05) is 20.8 Å². The van der Waals surface area contributed by atoms with E-state index < -0.39 is 27.7 Å². The van der Waals surface area contributed by atoms with Gasteiger partial charge in [-0.25, -0.2) is 31.1 Å². The number of nitrogens with zero attached hydrogens (tertiary/aromatic N) is 3. The number of ether oxygens (including phenoxy) is 2. The molecular formula is C28H32F2N4O4S. The predicted octanol–water partition coefficient (Wildman–Crippen LogP) is 5.73. The molecule has 0 unspecified atom stereocenters. The zero-order chi connectivity index (χ0) is 28.5. The van der Waals surface area contributed by atoms with E-state index >= 15 is 0 Å². The molecule has 0 saturated heterocycles. The molecule has 0 aliphatic rings. The lowest BCUT2D eigenvalue weighted by atomic mass is 9.93. The minimum absolute atomic E-state index is 0.0256. The van der Waals surface area contributed by atoms with Gasteiger partial charge in [0.05, 0.1) is 23.1 Å². The molecule has 0 bridgehead atoms. The summed E-state index contributed by atoms with van der Waals surface area (Å²) in [5.41, 5.74) is 6.37. The van der Waals surface area contributed by atoms with Gasteiger partial charge in [0.1, 0.15) is 23.8 Å². The summed E-state index contributed by atoms with van der Waals surface area (Å²) in [5, 5.41) is 0.323. The van der Waals surface area contributed by atoms with Crippen LogP contribution < -0.4 is 15.2 Å². The lowest BCUT2D eigenvalue weighted by Crippen LogP contribution is -2.43. The molecule has 2 N–H and O–H groups in total. The minimum Gasteiger partial charge on any atom is -0.496 e. The minimum atomic E-state index is -4.08. The summed E-state index contributed by atoms with van der Waals surface area (Å²) in [6.45, 7) is 7.72. The van der Waals surface area contributed by atoms with Crippen molar-refractivity contribution >= 4 is 21.1 Å². The third-order valence-corrected chi connectivity index (χ3v) is 7.88. The molecule has 4 rings (SSSR count). The molecule has 1 aromatic carbocycles. The molecule has 0 fully saturated rings. The summed E-state index contributed by atoms with van der Waals surface area (Å²) in [7, 11) is -2.65. The van der Waals surface area contributed by atoms with Crippen molar-refractivity contribution in [1.29, 1.82) is 0 Å². The molecule has 0 aliphatic heterocycles. The molecule has 208 valence electrons. The number of fused-ring (bicyclic) bond motifs is 1. The van der Waals surface area contributed by atoms with Crippen molar-refractivity contribution in [3.63, 3.8) is 0 Å². The molecule has 0 radical (unpaired) electrons. The van der Waals surface area contributed by atoms with Crippen molar-refractivity contribution < 1.29 is 26.7 Å². The number of nitrogens with two attached hydrogens (primary N) is 1. The number of alkyl halides is 2. The van der Waals surface area contributed by atoms with E-state index in [9.17, 15) is 17.2 Å². The van der Waals surface area contributed by atoms with Crippen LogP contribution >= 0.6 is 0 Å². The van der Waals surface area contributed by atoms with E-state index in [-0.39, 0.29) is 34.2 Å². The van der Waals surface area contributed by atoms with Gasteiger partial charge in [-0.1, -0.05) is 31.5 Å². The molecule has 0 saturated carbocycles. The fraction of sp³-hybridized carbons (Fsp3) is 0.357. The Hall–Kier alpha value is -3.57. The number of halogens is 2. The smallest absolute Gasteiger partial charge is 0.284 e. The third-order valence-electron chi connectivity index (χ3n) is 6.22. The van der Waals surface area contributed by atoms with Crippen LogP contribution in [-0.2, 0) is 10.0 Å². The number of hydrogen-bond acceptors (Lipinski definition) is 7. The van der Waals surface area contributed by atoms with Crippen LogP contribution in [0.5, 0.6) is 11.5 Å². The number of pyridine rings is 2. The van der Waals surface area contributed by atoms with Gasteiger partial charge >= 0.3 is 0 Å². The highest BCUT2D eigenvalue weighted by Crippen LogP contribution is 2.39. The van der Waals surface area contributed by atoms with E-state index in [0.717, 1.165) is 9.54 Å². The number of methoxy groups -OCH3 is 1. The Morgan fingerprint density at radius 1 is 1.08 bits per heavy atom. The largest absolute Gasteiger partial charge is 0.496 e. The van der Waals surface area contributed by atoms with Crippen LogP contribution in [0.4, 0.5) is 8.78 Å². The van der Waals surface area contributed by atoms with Gasteiger partial charge in [-0.3, -0.25) is 0 Å². The van der Waals surface area contributed by atoms with Crippen LogP contribution in [0.25, 0.3) is 22.3 Å². The summed E-state index contributed by atoms with van der Waals surface area (Å²) in [6, 6.07) is 10.8. The first kappa shape index (κ1) is 28.4. The van der Waals surface area contributed by atoms with Gasteiger partial charge in [0.15, 0.2) is 5.65 Å². The average molecular weight is 559 g/mol. The first-order valence-corrected chi connectivity index (χ1v) is 13.9. The Kier molecular flexibility index (Phi) is 7.94. The maximum atomic E-state index is 14.1. The van der Waals surface area contributed by atoms with E-state index in [2.05, 4.69) is 9.97 Å². The fourth-order valence-electron chi connectivity index (χ4n) is 4.59. The summed E-state index contributed by atoms with van der Waals surface area (Å²) in [4.78, 5) is 8.54. The predicted molar refractivity (Wildman–Crippen MR) is 146 cm³/mol. The second-order valence-electron chi connectivity index (χ2n) is 10.3. The van der Waals surface area contributed by atoms with E-state index in [4.69, 9.17) is 15.2 Å². The molecular weight excluding hydrogens is 526 g/mol. The SMILES string of the molecule is COc1ccnc2c1c(-c1ccc(OC[C@@](C)(N)CC(C)C)c(C(F)F)n1)cn2S(=O)(=O)c1ccc(C)cc1. The van der Waals surface area contributed by atoms with Crippen molar-refractivity contribution in [1.82, 2.24) is 13.9 Å². The maximum Gasteiger partial charge on any atom is 0.284 e. The van der Waals surface area contributed by atoms with E-state index in [0.29, 0.717) is 23.5 Å². The van der Waals surface area contributed by atoms with Gasteiger partial charge in [-0.05, 0) is 56.5 Å². The third kappa shape index (κ3) is 5.89. The second kappa shape index (κ2) is 10.9. The highest BCUT2D eigenvalue weighted by Gasteiger charge is 2.28. The summed E-state index contributed by atoms with van der Waals surface area (Å²) < 4.78 is 67.7. The molecule has 0 amide bonds. The maximum absolute atomic E-state index is 14.1. The first-order valence-electron chi connectivity index (χ1n) is 12.4. The Labute approximate surface area is 226 Å². The van der Waals surface area contributed by atoms with Gasteiger partial charge < -0.3 is 15.2 Å². The molecule has 4 aromatic rings. The molecule has 39 heavy (non-hydrogen) atoms. The zero-order valence-electron chi connectivity index (χ0n) is 22.5. The average Bonchev–Trinajstić information content (AvgIpc) is 3.28. The van der Waals surface area contributed by atoms with Crippen molar-refractivity contribution in [2.75, 3.05) is 13.7 Å². The highest BCUT2D eigenvalue weighted by atomic mass is 32.2. The first-order chi connectivity index (χ1) is 18.3. The lowest BCUT2D eigenvalue weighted by Gasteiger charge is -2.27. The molecule has 11 heteroatoms. The number of aromatic nitrogens is 3. The summed E-state index contributed by atoms with van der Waals surface area (Å²) >= 11 is 0.